The zero-order chi connectivity index (χ0) is 18.0. The summed E-state index contributed by atoms with van der Waals surface area (Å²) in [6.07, 6.45) is 1.54. The minimum Gasteiger partial charge on any atom is -0.267 e. The van der Waals surface area contributed by atoms with E-state index in [0.717, 1.165) is 22.3 Å². The topological polar surface area (TPSA) is 49.4 Å². The second-order valence-corrected chi connectivity index (χ2v) is 7.05. The molecule has 4 nitrogen and oxygen atoms in total. The summed E-state index contributed by atoms with van der Waals surface area (Å²) in [4.78, 5) is 25.1. The highest BCUT2D eigenvalue weighted by Crippen LogP contribution is 2.31. The third-order valence-corrected chi connectivity index (χ3v) is 4.77. The van der Waals surface area contributed by atoms with Gasteiger partial charge in [-0.2, -0.15) is 5.01 Å². The molecule has 3 rings (SSSR count). The Labute approximate surface area is 153 Å². The van der Waals surface area contributed by atoms with Crippen molar-refractivity contribution in [1.82, 2.24) is 10.4 Å². The molecule has 1 heterocycles. The van der Waals surface area contributed by atoms with Crippen LogP contribution in [0.1, 0.15) is 21.5 Å². The maximum atomic E-state index is 13.3. The van der Waals surface area contributed by atoms with Gasteiger partial charge in [-0.05, 0) is 55.0 Å². The Hall–Kier alpha value is -2.51. The van der Waals surface area contributed by atoms with Crippen LogP contribution in [0.2, 0.25) is 0 Å². The zero-order valence-electron chi connectivity index (χ0n) is 13.2. The fourth-order valence-corrected chi connectivity index (χ4v) is 3.36. The van der Waals surface area contributed by atoms with Gasteiger partial charge < -0.3 is 0 Å². The summed E-state index contributed by atoms with van der Waals surface area (Å²) < 4.78 is 13.5. The molecule has 25 heavy (non-hydrogen) atoms. The third kappa shape index (κ3) is 3.94. The lowest BCUT2D eigenvalue weighted by atomic mass is 10.1. The van der Waals surface area contributed by atoms with Crippen LogP contribution in [0, 0.1) is 12.7 Å². The maximum absolute atomic E-state index is 13.3. The van der Waals surface area contributed by atoms with Crippen molar-refractivity contribution < 1.29 is 14.0 Å². The van der Waals surface area contributed by atoms with Crippen LogP contribution in [0.15, 0.2) is 53.4 Å². The van der Waals surface area contributed by atoms with Gasteiger partial charge in [0.2, 0.25) is 0 Å². The molecule has 0 atom stereocenters. The summed E-state index contributed by atoms with van der Waals surface area (Å²) in [5.74, 6) is -1.26. The number of hydrogen-bond donors (Lipinski definition) is 1. The first kappa shape index (κ1) is 17.3. The first-order valence-electron chi connectivity index (χ1n) is 7.35. The molecular weight excluding hydrogens is 359 g/mol. The Balaban J connectivity index is 1.77. The lowest BCUT2D eigenvalue weighted by Gasteiger charge is -2.15. The van der Waals surface area contributed by atoms with Crippen LogP contribution in [0.4, 0.5) is 4.39 Å². The monoisotopic (exact) mass is 372 g/mol. The Bertz CT molecular complexity index is 894. The zero-order valence-corrected chi connectivity index (χ0v) is 14.8. The Morgan fingerprint density at radius 1 is 1.24 bits per heavy atom. The van der Waals surface area contributed by atoms with E-state index in [1.807, 2.05) is 19.1 Å². The van der Waals surface area contributed by atoms with Gasteiger partial charge in [-0.15, -0.1) is 0 Å². The molecular formula is C18H13FN2O2S2. The lowest BCUT2D eigenvalue weighted by molar-refractivity contribution is -0.123. The number of nitrogens with one attached hydrogen (secondary N) is 1. The van der Waals surface area contributed by atoms with E-state index in [0.29, 0.717) is 16.0 Å². The van der Waals surface area contributed by atoms with Crippen molar-refractivity contribution >= 4 is 46.2 Å². The molecule has 2 amide bonds. The summed E-state index contributed by atoms with van der Waals surface area (Å²) in [7, 11) is 0. The van der Waals surface area contributed by atoms with Crippen LogP contribution < -0.4 is 5.43 Å². The molecule has 1 saturated heterocycles. The number of aryl methyl sites for hydroxylation is 1. The molecule has 0 unspecified atom stereocenters. The largest absolute Gasteiger partial charge is 0.285 e. The molecule has 0 bridgehead atoms. The quantitative estimate of drug-likeness (QED) is 0.660. The standard InChI is InChI=1S/C18H13FN2O2S2/c1-11-5-7-13(8-6-11)16(22)20-21-17(23)15(25-18(21)24)10-12-3-2-4-14(19)9-12/h2-10H,1H3,(H,20,22). The predicted molar refractivity (Wildman–Crippen MR) is 100 cm³/mol. The minimum absolute atomic E-state index is 0.216. The summed E-state index contributed by atoms with van der Waals surface area (Å²) in [5.41, 5.74) is 4.51. The van der Waals surface area contributed by atoms with E-state index in [-0.39, 0.29) is 4.32 Å². The van der Waals surface area contributed by atoms with E-state index in [1.54, 1.807) is 30.3 Å². The Kier molecular flexibility index (Phi) is 4.96. The highest BCUT2D eigenvalue weighted by molar-refractivity contribution is 8.26. The molecule has 1 fully saturated rings. The predicted octanol–water partition coefficient (Wildman–Crippen LogP) is 3.68. The summed E-state index contributed by atoms with van der Waals surface area (Å²) in [5, 5.41) is 1.04. The summed E-state index contributed by atoms with van der Waals surface area (Å²) >= 11 is 6.22. The number of rotatable bonds is 3. The number of amides is 2. The van der Waals surface area contributed by atoms with E-state index < -0.39 is 17.6 Å². The molecule has 2 aromatic carbocycles. The average Bonchev–Trinajstić information content (AvgIpc) is 2.83. The number of halogens is 1. The molecule has 2 aromatic rings. The average molecular weight is 372 g/mol. The van der Waals surface area contributed by atoms with Crippen LogP contribution in [-0.2, 0) is 4.79 Å². The number of benzene rings is 2. The maximum Gasteiger partial charge on any atom is 0.285 e. The van der Waals surface area contributed by atoms with Gasteiger partial charge in [-0.25, -0.2) is 4.39 Å². The number of carbonyl (C=O) groups excluding carboxylic acids is 2. The fraction of sp³-hybridized carbons (Fsp3) is 0.0556. The van der Waals surface area contributed by atoms with Crippen LogP contribution in [0.3, 0.4) is 0 Å². The van der Waals surface area contributed by atoms with Crippen molar-refractivity contribution in [3.63, 3.8) is 0 Å². The Morgan fingerprint density at radius 3 is 2.64 bits per heavy atom. The molecule has 0 saturated carbocycles. The highest BCUT2D eigenvalue weighted by Gasteiger charge is 2.33. The summed E-state index contributed by atoms with van der Waals surface area (Å²) in [6, 6.07) is 12.8. The van der Waals surface area contributed by atoms with Crippen LogP contribution in [-0.4, -0.2) is 21.1 Å². The lowest BCUT2D eigenvalue weighted by Crippen LogP contribution is -2.44. The molecule has 1 N–H and O–H groups in total. The smallest absolute Gasteiger partial charge is 0.267 e. The second-order valence-electron chi connectivity index (χ2n) is 5.38. The van der Waals surface area contributed by atoms with Crippen molar-refractivity contribution in [2.45, 2.75) is 6.92 Å². The molecule has 7 heteroatoms. The first-order chi connectivity index (χ1) is 11.9. The van der Waals surface area contributed by atoms with E-state index in [1.165, 1.54) is 12.1 Å². The molecule has 0 spiro atoms. The molecule has 126 valence electrons. The van der Waals surface area contributed by atoms with E-state index in [2.05, 4.69) is 5.43 Å². The van der Waals surface area contributed by atoms with Gasteiger partial charge in [0.15, 0.2) is 4.32 Å². The SMILES string of the molecule is Cc1ccc(C(=O)NN2C(=O)C(=Cc3cccc(F)c3)SC2=S)cc1. The molecule has 1 aliphatic rings. The van der Waals surface area contributed by atoms with Crippen LogP contribution in [0.25, 0.3) is 6.08 Å². The van der Waals surface area contributed by atoms with Crippen molar-refractivity contribution in [2.24, 2.45) is 0 Å². The van der Waals surface area contributed by atoms with Gasteiger partial charge in [0.05, 0.1) is 4.91 Å². The second kappa shape index (κ2) is 7.16. The van der Waals surface area contributed by atoms with Crippen molar-refractivity contribution in [3.8, 4) is 0 Å². The molecule has 0 aliphatic carbocycles. The van der Waals surface area contributed by atoms with E-state index >= 15 is 0 Å². The van der Waals surface area contributed by atoms with E-state index in [4.69, 9.17) is 12.2 Å². The van der Waals surface area contributed by atoms with Gasteiger partial charge in [0.25, 0.3) is 11.8 Å². The summed E-state index contributed by atoms with van der Waals surface area (Å²) in [6.45, 7) is 1.92. The van der Waals surface area contributed by atoms with Crippen LogP contribution >= 0.6 is 24.0 Å². The van der Waals surface area contributed by atoms with Crippen molar-refractivity contribution in [2.75, 3.05) is 0 Å². The number of thioether (sulfide) groups is 1. The highest BCUT2D eigenvalue weighted by atomic mass is 32.2. The number of hydrazine groups is 1. The van der Waals surface area contributed by atoms with Gasteiger partial charge >= 0.3 is 0 Å². The van der Waals surface area contributed by atoms with Crippen LogP contribution in [0.5, 0.6) is 0 Å². The number of carbonyl (C=O) groups is 2. The molecule has 0 radical (unpaired) electrons. The fourth-order valence-electron chi connectivity index (χ4n) is 2.18. The molecule has 0 aromatic heterocycles. The third-order valence-electron chi connectivity index (χ3n) is 3.47. The normalized spacial score (nSPS) is 15.8. The van der Waals surface area contributed by atoms with Gasteiger partial charge in [0.1, 0.15) is 5.82 Å². The molecule has 1 aliphatic heterocycles. The van der Waals surface area contributed by atoms with E-state index in [9.17, 15) is 14.0 Å². The Morgan fingerprint density at radius 2 is 1.96 bits per heavy atom. The van der Waals surface area contributed by atoms with Crippen molar-refractivity contribution in [3.05, 3.63) is 75.9 Å². The number of nitrogens with zero attached hydrogens (tertiary/aromatic N) is 1. The van der Waals surface area contributed by atoms with Crippen molar-refractivity contribution in [1.29, 1.82) is 0 Å². The minimum atomic E-state index is -0.445. The van der Waals surface area contributed by atoms with Gasteiger partial charge in [-0.1, -0.05) is 41.6 Å². The number of hydrogen-bond acceptors (Lipinski definition) is 4. The first-order valence-corrected chi connectivity index (χ1v) is 8.58. The van der Waals surface area contributed by atoms with Gasteiger partial charge in [0, 0.05) is 5.56 Å². The number of thiocarbonyl (C=S) groups is 1. The van der Waals surface area contributed by atoms with Gasteiger partial charge in [-0.3, -0.25) is 15.0 Å².